The van der Waals surface area contributed by atoms with Gasteiger partial charge in [-0.1, -0.05) is 12.1 Å². The third-order valence-corrected chi connectivity index (χ3v) is 6.57. The van der Waals surface area contributed by atoms with Crippen LogP contribution in [0.2, 0.25) is 0 Å². The number of benzene rings is 2. The van der Waals surface area contributed by atoms with Crippen molar-refractivity contribution in [2.24, 2.45) is 0 Å². The minimum absolute atomic E-state index is 0.00276. The predicted octanol–water partition coefficient (Wildman–Crippen LogP) is 1.32. The second kappa shape index (κ2) is 8.98. The van der Waals surface area contributed by atoms with Gasteiger partial charge in [-0.05, 0) is 41.2 Å². The van der Waals surface area contributed by atoms with Crippen molar-refractivity contribution >= 4 is 0 Å². The molecule has 0 aliphatic carbocycles. The van der Waals surface area contributed by atoms with E-state index in [0.717, 1.165) is 23.5 Å². The van der Waals surface area contributed by atoms with Crippen LogP contribution in [-0.4, -0.2) is 42.8 Å². The molecule has 4 aromatic rings. The van der Waals surface area contributed by atoms with E-state index in [4.69, 9.17) is 4.98 Å². The summed E-state index contributed by atoms with van der Waals surface area (Å²) in [7, 11) is 0. The van der Waals surface area contributed by atoms with Gasteiger partial charge in [0.05, 0.1) is 11.6 Å². The van der Waals surface area contributed by atoms with Crippen molar-refractivity contribution in [2.75, 3.05) is 6.54 Å². The highest BCUT2D eigenvalue weighted by molar-refractivity contribution is 5.57. The monoisotopic (exact) mass is 478 g/mol. The summed E-state index contributed by atoms with van der Waals surface area (Å²) in [5, 5.41) is 27.2. The molecule has 35 heavy (non-hydrogen) atoms. The molecule has 9 nitrogen and oxygen atoms in total. The fourth-order valence-corrected chi connectivity index (χ4v) is 4.58. The Morgan fingerprint density at radius 1 is 1.29 bits per heavy atom. The van der Waals surface area contributed by atoms with Gasteiger partial charge in [0.2, 0.25) is 6.33 Å². The molecule has 0 saturated heterocycles. The zero-order valence-electron chi connectivity index (χ0n) is 19.0. The molecule has 3 heterocycles. The SMILES string of the molecule is C[C@@H](N1CC[n+]2[nH]c(-c3cccc(C#N)c3)nc2C1)[C@](O)(C[n+]1cnc[nH]1)c1ccc(F)cc1F. The van der Waals surface area contributed by atoms with Gasteiger partial charge in [0.25, 0.3) is 5.82 Å². The molecule has 0 unspecified atom stereocenters. The molecule has 178 valence electrons. The van der Waals surface area contributed by atoms with E-state index < -0.39 is 23.3 Å². The molecule has 2 atom stereocenters. The van der Waals surface area contributed by atoms with E-state index in [1.54, 1.807) is 22.9 Å². The lowest BCUT2D eigenvalue weighted by atomic mass is 9.85. The number of nitrogens with zero attached hydrogens (tertiary/aromatic N) is 6. The van der Waals surface area contributed by atoms with Gasteiger partial charge in [-0.2, -0.15) is 24.8 Å². The molecule has 0 radical (unpaired) electrons. The number of rotatable bonds is 6. The van der Waals surface area contributed by atoms with Crippen LogP contribution >= 0.6 is 0 Å². The molecule has 11 heteroatoms. The van der Waals surface area contributed by atoms with E-state index in [1.807, 2.05) is 22.6 Å². The number of hydrogen-bond donors (Lipinski definition) is 3. The number of halogens is 2. The molecule has 0 spiro atoms. The van der Waals surface area contributed by atoms with Crippen LogP contribution in [0.1, 0.15) is 23.9 Å². The van der Waals surface area contributed by atoms with Crippen LogP contribution in [0.5, 0.6) is 0 Å². The maximum atomic E-state index is 14.9. The van der Waals surface area contributed by atoms with Crippen molar-refractivity contribution in [3.63, 3.8) is 0 Å². The normalized spacial score (nSPS) is 16.3. The third-order valence-electron chi connectivity index (χ3n) is 6.57. The van der Waals surface area contributed by atoms with Crippen molar-refractivity contribution in [1.82, 2.24) is 25.1 Å². The molecule has 0 amide bonds. The lowest BCUT2D eigenvalue weighted by Crippen LogP contribution is -2.61. The predicted molar refractivity (Wildman–Crippen MR) is 118 cm³/mol. The number of H-pyrrole nitrogens is 2. The van der Waals surface area contributed by atoms with E-state index in [1.165, 1.54) is 18.7 Å². The Kier molecular flexibility index (Phi) is 5.84. The maximum absolute atomic E-state index is 14.9. The van der Waals surface area contributed by atoms with Crippen LogP contribution in [0.15, 0.2) is 55.1 Å². The highest BCUT2D eigenvalue weighted by Gasteiger charge is 2.45. The van der Waals surface area contributed by atoms with E-state index in [0.29, 0.717) is 31.0 Å². The van der Waals surface area contributed by atoms with Crippen LogP contribution in [0, 0.1) is 23.0 Å². The molecule has 5 rings (SSSR count). The first-order valence-corrected chi connectivity index (χ1v) is 11.2. The summed E-state index contributed by atoms with van der Waals surface area (Å²) in [6, 6.07) is 12.0. The van der Waals surface area contributed by atoms with Crippen LogP contribution in [0.3, 0.4) is 0 Å². The zero-order chi connectivity index (χ0) is 24.6. The highest BCUT2D eigenvalue weighted by Crippen LogP contribution is 2.32. The number of hydrogen-bond acceptors (Lipinski definition) is 5. The van der Waals surface area contributed by atoms with Gasteiger partial charge < -0.3 is 5.11 Å². The molecular formula is C24H24F2N8O+2. The second-order valence-electron chi connectivity index (χ2n) is 8.68. The third kappa shape index (κ3) is 4.29. The fraction of sp³-hybridized carbons (Fsp3) is 0.292. The summed E-state index contributed by atoms with van der Waals surface area (Å²) >= 11 is 0. The average molecular weight is 479 g/mol. The van der Waals surface area contributed by atoms with Crippen LogP contribution in [0.25, 0.3) is 11.4 Å². The van der Waals surface area contributed by atoms with E-state index >= 15 is 0 Å². The van der Waals surface area contributed by atoms with Crippen molar-refractivity contribution < 1.29 is 23.3 Å². The Morgan fingerprint density at radius 2 is 2.14 bits per heavy atom. The molecule has 1 aliphatic rings. The number of fused-ring (bicyclic) bond motifs is 1. The number of aliphatic hydroxyl groups is 1. The summed E-state index contributed by atoms with van der Waals surface area (Å²) in [6.07, 6.45) is 2.96. The first-order chi connectivity index (χ1) is 16.9. The Hall–Kier alpha value is -4.01. The van der Waals surface area contributed by atoms with E-state index in [9.17, 15) is 19.1 Å². The minimum atomic E-state index is -1.70. The first kappa shape index (κ1) is 22.8. The van der Waals surface area contributed by atoms with Crippen LogP contribution < -0.4 is 9.36 Å². The average Bonchev–Trinajstić information content (AvgIpc) is 3.52. The minimum Gasteiger partial charge on any atom is -0.379 e. The van der Waals surface area contributed by atoms with Crippen molar-refractivity contribution in [2.45, 2.75) is 38.2 Å². The topological polar surface area (TPSA) is 112 Å². The zero-order valence-corrected chi connectivity index (χ0v) is 19.0. The summed E-state index contributed by atoms with van der Waals surface area (Å²) in [5.74, 6) is -0.138. The van der Waals surface area contributed by atoms with E-state index in [2.05, 4.69) is 21.3 Å². The number of aromatic nitrogens is 6. The summed E-state index contributed by atoms with van der Waals surface area (Å²) in [4.78, 5) is 10.7. The smallest absolute Gasteiger partial charge is 0.333 e. The van der Waals surface area contributed by atoms with Gasteiger partial charge in [0.1, 0.15) is 36.9 Å². The molecule has 0 saturated carbocycles. The molecular weight excluding hydrogens is 454 g/mol. The molecule has 2 aromatic heterocycles. The molecule has 0 bridgehead atoms. The van der Waals surface area contributed by atoms with Gasteiger partial charge in [-0.15, -0.1) is 0 Å². The fourth-order valence-electron chi connectivity index (χ4n) is 4.58. The molecule has 2 aromatic carbocycles. The van der Waals surface area contributed by atoms with Crippen molar-refractivity contribution in [3.8, 4) is 17.5 Å². The molecule has 0 fully saturated rings. The quantitative estimate of drug-likeness (QED) is 0.362. The standard InChI is InChI=1S/C24H22F2N8O/c1-16(24(35,13-33-15-28-14-29-33)20-6-5-19(25)10-21(20)26)32-7-8-34-22(12-32)30-23(31-34)18-4-2-3-17(9-18)11-27/h2-6,9-10,14-16,35H,7-8,12-13H2,1H3/p+2/t16-,24-/m1/s1. The highest BCUT2D eigenvalue weighted by atomic mass is 19.1. The van der Waals surface area contributed by atoms with Crippen LogP contribution in [0.4, 0.5) is 8.78 Å². The first-order valence-electron chi connectivity index (χ1n) is 11.2. The second-order valence-corrected chi connectivity index (χ2v) is 8.68. The van der Waals surface area contributed by atoms with Gasteiger partial charge in [-0.3, -0.25) is 4.90 Å². The summed E-state index contributed by atoms with van der Waals surface area (Å²) in [5.41, 5.74) is -0.355. The Balaban J connectivity index is 1.46. The lowest BCUT2D eigenvalue weighted by Gasteiger charge is -2.40. The Bertz CT molecular complexity index is 1400. The van der Waals surface area contributed by atoms with E-state index in [-0.39, 0.29) is 12.1 Å². The largest absolute Gasteiger partial charge is 0.379 e. The lowest BCUT2D eigenvalue weighted by molar-refractivity contribution is -0.768. The maximum Gasteiger partial charge on any atom is 0.333 e. The van der Waals surface area contributed by atoms with Gasteiger partial charge >= 0.3 is 12.2 Å². The number of aromatic amines is 2. The van der Waals surface area contributed by atoms with Crippen LogP contribution in [-0.2, 0) is 25.2 Å². The summed E-state index contributed by atoms with van der Waals surface area (Å²) in [6.45, 7) is 3.34. The summed E-state index contributed by atoms with van der Waals surface area (Å²) < 4.78 is 32.0. The van der Waals surface area contributed by atoms with Gasteiger partial charge in [0, 0.05) is 29.8 Å². The number of nitrogens with one attached hydrogen (secondary N) is 2. The molecule has 3 N–H and O–H groups in total. The Morgan fingerprint density at radius 3 is 2.89 bits per heavy atom. The van der Waals surface area contributed by atoms with Crippen molar-refractivity contribution in [3.05, 3.63) is 83.7 Å². The van der Waals surface area contributed by atoms with Gasteiger partial charge in [-0.25, -0.2) is 8.78 Å². The van der Waals surface area contributed by atoms with Gasteiger partial charge in [0.15, 0.2) is 0 Å². The Labute approximate surface area is 199 Å². The number of nitriles is 1. The molecule has 1 aliphatic heterocycles. The van der Waals surface area contributed by atoms with Crippen molar-refractivity contribution in [1.29, 1.82) is 5.26 Å².